The maximum Gasteiger partial charge on any atom is 0.251 e. The van der Waals surface area contributed by atoms with Crippen molar-refractivity contribution in [2.75, 3.05) is 0 Å². The second-order valence-corrected chi connectivity index (χ2v) is 10.1. The van der Waals surface area contributed by atoms with E-state index >= 15 is 0 Å². The summed E-state index contributed by atoms with van der Waals surface area (Å²) in [5.41, 5.74) is -2.06. The molecule has 9 heteroatoms. The van der Waals surface area contributed by atoms with Crippen LogP contribution in [0.5, 0.6) is 0 Å². The first kappa shape index (κ1) is 23.0. The van der Waals surface area contributed by atoms with Gasteiger partial charge < -0.3 is 14.1 Å². The fourth-order valence-electron chi connectivity index (χ4n) is 6.23. The summed E-state index contributed by atoms with van der Waals surface area (Å²) in [6.45, 7) is 3.15. The third-order valence-electron chi connectivity index (χ3n) is 8.02. The van der Waals surface area contributed by atoms with Crippen molar-refractivity contribution in [3.8, 4) is 0 Å². The molecule has 3 aromatic heterocycles. The Kier molecular flexibility index (Phi) is 4.26. The lowest BCUT2D eigenvalue weighted by atomic mass is 9.91. The number of benzene rings is 4. The summed E-state index contributed by atoms with van der Waals surface area (Å²) >= 11 is 0. The molecule has 0 aliphatic rings. The number of nitrogens with one attached hydrogen (secondary N) is 1. The SMILES string of the molecule is Cc1cc(=O)n(C)c2c(=O)c3c4[nH]c5ccccc5c4c4c(=O)c5c(C)cc(=O)n(C)c5c(=O)c4c3c(=O)c12. The third kappa shape index (κ3) is 2.58. The van der Waals surface area contributed by atoms with Crippen molar-refractivity contribution >= 4 is 65.2 Å². The van der Waals surface area contributed by atoms with Crippen LogP contribution >= 0.6 is 0 Å². The molecule has 0 radical (unpaired) electrons. The number of aromatic amines is 1. The lowest BCUT2D eigenvalue weighted by molar-refractivity contribution is 0.899. The molecule has 0 spiro atoms. The van der Waals surface area contributed by atoms with Crippen molar-refractivity contribution in [2.45, 2.75) is 13.8 Å². The van der Waals surface area contributed by atoms with Gasteiger partial charge >= 0.3 is 0 Å². The van der Waals surface area contributed by atoms with E-state index in [1.54, 1.807) is 38.1 Å². The molecule has 3 heterocycles. The van der Waals surface area contributed by atoms with E-state index in [4.69, 9.17) is 0 Å². The Hall–Kier alpha value is -5.18. The van der Waals surface area contributed by atoms with Gasteiger partial charge in [-0.25, -0.2) is 0 Å². The normalized spacial score (nSPS) is 12.2. The van der Waals surface area contributed by atoms with Crippen LogP contribution in [-0.4, -0.2) is 14.1 Å². The number of aromatic nitrogens is 3. The van der Waals surface area contributed by atoms with Crippen molar-refractivity contribution in [3.05, 3.63) is 109 Å². The first-order valence-corrected chi connectivity index (χ1v) is 12.2. The molecule has 39 heavy (non-hydrogen) atoms. The molecule has 0 bridgehead atoms. The van der Waals surface area contributed by atoms with E-state index in [1.165, 1.54) is 26.2 Å². The summed E-state index contributed by atoms with van der Waals surface area (Å²) in [6.07, 6.45) is 0. The van der Waals surface area contributed by atoms with E-state index in [-0.39, 0.29) is 48.9 Å². The Morgan fingerprint density at radius 3 is 1.59 bits per heavy atom. The van der Waals surface area contributed by atoms with Gasteiger partial charge in [0.25, 0.3) is 11.1 Å². The van der Waals surface area contributed by atoms with Gasteiger partial charge in [-0.3, -0.25) is 28.8 Å². The van der Waals surface area contributed by atoms with E-state index in [2.05, 4.69) is 4.98 Å². The number of para-hydroxylation sites is 1. The van der Waals surface area contributed by atoms with Crippen LogP contribution in [0.4, 0.5) is 0 Å². The average molecular weight is 517 g/mol. The number of fused-ring (bicyclic) bond motifs is 10. The monoisotopic (exact) mass is 517 g/mol. The maximum atomic E-state index is 14.3. The van der Waals surface area contributed by atoms with E-state index in [0.29, 0.717) is 27.4 Å². The van der Waals surface area contributed by atoms with Crippen LogP contribution in [0.25, 0.3) is 65.2 Å². The molecule has 7 rings (SSSR count). The Morgan fingerprint density at radius 2 is 1.03 bits per heavy atom. The first-order chi connectivity index (χ1) is 18.5. The zero-order valence-corrected chi connectivity index (χ0v) is 21.3. The largest absolute Gasteiger partial charge is 0.354 e. The van der Waals surface area contributed by atoms with Gasteiger partial charge in [-0.2, -0.15) is 0 Å². The molecule has 0 unspecified atom stereocenters. The van der Waals surface area contributed by atoms with Gasteiger partial charge in [-0.1, -0.05) is 18.2 Å². The molecule has 0 aliphatic heterocycles. The highest BCUT2D eigenvalue weighted by atomic mass is 16.1. The van der Waals surface area contributed by atoms with E-state index in [1.807, 2.05) is 0 Å². The van der Waals surface area contributed by atoms with Crippen LogP contribution in [0.15, 0.2) is 65.2 Å². The van der Waals surface area contributed by atoms with Crippen molar-refractivity contribution in [1.29, 1.82) is 0 Å². The van der Waals surface area contributed by atoms with Gasteiger partial charge in [-0.15, -0.1) is 0 Å². The van der Waals surface area contributed by atoms with Gasteiger partial charge in [0.15, 0.2) is 10.9 Å². The zero-order valence-electron chi connectivity index (χ0n) is 21.3. The molecule has 190 valence electrons. The van der Waals surface area contributed by atoms with Gasteiger partial charge in [0.2, 0.25) is 10.9 Å². The van der Waals surface area contributed by atoms with Crippen LogP contribution in [0.3, 0.4) is 0 Å². The highest BCUT2D eigenvalue weighted by Crippen LogP contribution is 2.36. The highest BCUT2D eigenvalue weighted by Gasteiger charge is 2.27. The minimum absolute atomic E-state index is 0.0106. The topological polar surface area (TPSA) is 128 Å². The maximum absolute atomic E-state index is 14.3. The molecule has 7 aromatic rings. The zero-order chi connectivity index (χ0) is 27.7. The standard InChI is InChI=1S/C30H19N3O6/c1-11-9-15(34)32(3)25-17(11)27(36)20-19-13-7-5-6-8-14(13)31-24(19)23-22(21(20)29(25)38)28(37)18-12(2)10-16(35)33(4)26(18)30(23)39/h5-10,31H,1-4H3. The molecule has 0 fully saturated rings. The number of aryl methyl sites for hydroxylation is 4. The van der Waals surface area contributed by atoms with Gasteiger partial charge in [0.05, 0.1) is 21.7 Å². The minimum Gasteiger partial charge on any atom is -0.354 e. The van der Waals surface area contributed by atoms with Crippen LogP contribution in [0.2, 0.25) is 0 Å². The van der Waals surface area contributed by atoms with Crippen LogP contribution < -0.4 is 32.8 Å². The third-order valence-corrected chi connectivity index (χ3v) is 8.02. The summed E-state index contributed by atoms with van der Waals surface area (Å²) < 4.78 is 2.24. The summed E-state index contributed by atoms with van der Waals surface area (Å²) in [5.74, 6) is 0. The van der Waals surface area contributed by atoms with Crippen molar-refractivity contribution in [1.82, 2.24) is 14.1 Å². The van der Waals surface area contributed by atoms with Gasteiger partial charge in [-0.05, 0) is 31.0 Å². The van der Waals surface area contributed by atoms with Gasteiger partial charge in [0, 0.05) is 58.7 Å². The Bertz CT molecular complexity index is 2660. The van der Waals surface area contributed by atoms with Crippen LogP contribution in [-0.2, 0) is 14.1 Å². The van der Waals surface area contributed by atoms with E-state index in [0.717, 1.165) is 9.13 Å². The molecular weight excluding hydrogens is 498 g/mol. The van der Waals surface area contributed by atoms with Crippen molar-refractivity contribution in [2.24, 2.45) is 14.1 Å². The van der Waals surface area contributed by atoms with E-state index in [9.17, 15) is 28.8 Å². The number of rotatable bonds is 0. The molecule has 1 N–H and O–H groups in total. The lowest BCUT2D eigenvalue weighted by Gasteiger charge is -2.13. The summed E-state index contributed by atoms with van der Waals surface area (Å²) in [4.78, 5) is 85.4. The number of hydrogen-bond acceptors (Lipinski definition) is 6. The molecule has 9 nitrogen and oxygen atoms in total. The number of hydrogen-bond donors (Lipinski definition) is 1. The Balaban J connectivity index is 2.04. The second kappa shape index (κ2) is 7.22. The van der Waals surface area contributed by atoms with E-state index < -0.39 is 32.8 Å². The molecule has 4 aromatic carbocycles. The fraction of sp³-hybridized carbons (Fsp3) is 0.133. The van der Waals surface area contributed by atoms with Crippen molar-refractivity contribution < 1.29 is 0 Å². The molecule has 0 aliphatic carbocycles. The summed E-state index contributed by atoms with van der Waals surface area (Å²) in [6, 6.07) is 9.66. The number of nitrogens with zero attached hydrogens (tertiary/aromatic N) is 2. The molecule has 0 saturated carbocycles. The number of H-pyrrole nitrogens is 1. The highest BCUT2D eigenvalue weighted by molar-refractivity contribution is 6.33. The van der Waals surface area contributed by atoms with Crippen LogP contribution in [0.1, 0.15) is 11.1 Å². The quantitative estimate of drug-likeness (QED) is 0.243. The molecular formula is C30H19N3O6. The lowest BCUT2D eigenvalue weighted by Crippen LogP contribution is -2.28. The predicted molar refractivity (Wildman–Crippen MR) is 153 cm³/mol. The van der Waals surface area contributed by atoms with Crippen LogP contribution in [0, 0.1) is 13.8 Å². The first-order valence-electron chi connectivity index (χ1n) is 12.2. The Labute approximate surface area is 216 Å². The molecule has 0 amide bonds. The molecule has 0 atom stereocenters. The molecule has 0 saturated heterocycles. The summed E-state index contributed by atoms with van der Waals surface area (Å²) in [7, 11) is 2.82. The van der Waals surface area contributed by atoms with Crippen molar-refractivity contribution in [3.63, 3.8) is 0 Å². The van der Waals surface area contributed by atoms with Gasteiger partial charge in [0.1, 0.15) is 11.0 Å². The average Bonchev–Trinajstić information content (AvgIpc) is 3.28. The summed E-state index contributed by atoms with van der Waals surface area (Å²) in [5, 5.41) is 0.611. The minimum atomic E-state index is -0.682. The fourth-order valence-corrected chi connectivity index (χ4v) is 6.23. The smallest absolute Gasteiger partial charge is 0.251 e. The number of pyridine rings is 2. The second-order valence-electron chi connectivity index (χ2n) is 10.1. The predicted octanol–water partition coefficient (Wildman–Crippen LogP) is 2.26. The Morgan fingerprint density at radius 1 is 0.564 bits per heavy atom.